The van der Waals surface area contributed by atoms with Crippen molar-refractivity contribution in [3.63, 3.8) is 0 Å². The van der Waals surface area contributed by atoms with Crippen LogP contribution in [-0.4, -0.2) is 34.1 Å². The largest absolute Gasteiger partial charge is 0.416 e. The van der Waals surface area contributed by atoms with Gasteiger partial charge in [0, 0.05) is 31.4 Å². The molecule has 0 bridgehead atoms. The Kier molecular flexibility index (Phi) is 8.46. The molecule has 1 aliphatic heterocycles. The Morgan fingerprint density at radius 1 is 1.03 bits per heavy atom. The third-order valence-corrected chi connectivity index (χ3v) is 5.22. The minimum atomic E-state index is -4.21. The third kappa shape index (κ3) is 6.86. The Labute approximate surface area is 174 Å². The Morgan fingerprint density at radius 2 is 1.63 bits per heavy atom. The number of benzene rings is 1. The van der Waals surface area contributed by atoms with Gasteiger partial charge in [-0.3, -0.25) is 9.78 Å². The lowest BCUT2D eigenvalue weighted by Crippen LogP contribution is -2.32. The molecule has 1 aliphatic carbocycles. The first-order valence-corrected chi connectivity index (χ1v) is 10.4. The topological polar surface area (TPSA) is 58.1 Å². The second-order valence-electron chi connectivity index (χ2n) is 7.50. The number of H-pyrrole nitrogens is 1. The number of aryl methyl sites for hydroxylation is 2. The van der Waals surface area contributed by atoms with Crippen LogP contribution in [0.15, 0.2) is 46.1 Å². The highest BCUT2D eigenvalue weighted by Crippen LogP contribution is 2.44. The SMILES string of the molecule is CC.Cc1cn(CCCN2CC3CC3C2)c(=O)[nH]c1=O.FC(F)(F)c1ccccc1. The van der Waals surface area contributed by atoms with Crippen LogP contribution in [0.4, 0.5) is 13.2 Å². The normalized spacial score (nSPS) is 19.8. The van der Waals surface area contributed by atoms with Crippen LogP contribution in [-0.2, 0) is 12.7 Å². The van der Waals surface area contributed by atoms with Gasteiger partial charge in [0.2, 0.25) is 0 Å². The summed E-state index contributed by atoms with van der Waals surface area (Å²) in [6.07, 6.45) is -0.163. The van der Waals surface area contributed by atoms with Gasteiger partial charge in [-0.15, -0.1) is 0 Å². The summed E-state index contributed by atoms with van der Waals surface area (Å²) in [4.78, 5) is 27.6. The van der Waals surface area contributed by atoms with Gasteiger partial charge in [-0.2, -0.15) is 13.2 Å². The number of rotatable bonds is 4. The molecule has 1 aromatic heterocycles. The molecule has 1 aromatic carbocycles. The highest BCUT2D eigenvalue weighted by atomic mass is 19.4. The number of hydrogen-bond acceptors (Lipinski definition) is 3. The van der Waals surface area contributed by atoms with E-state index in [1.807, 2.05) is 13.8 Å². The molecular formula is C22H30F3N3O2. The average molecular weight is 425 g/mol. The molecule has 1 saturated heterocycles. The molecule has 2 fully saturated rings. The van der Waals surface area contributed by atoms with Crippen molar-refractivity contribution < 1.29 is 13.2 Å². The van der Waals surface area contributed by atoms with Gasteiger partial charge in [-0.05, 0) is 38.1 Å². The zero-order valence-electron chi connectivity index (χ0n) is 17.7. The Balaban J connectivity index is 0.000000228. The van der Waals surface area contributed by atoms with Crippen LogP contribution in [0.1, 0.15) is 37.8 Å². The molecular weight excluding hydrogens is 395 g/mol. The van der Waals surface area contributed by atoms with Crippen molar-refractivity contribution in [2.24, 2.45) is 11.8 Å². The fourth-order valence-corrected chi connectivity index (χ4v) is 3.55. The van der Waals surface area contributed by atoms with Crippen LogP contribution in [0.5, 0.6) is 0 Å². The maximum Gasteiger partial charge on any atom is 0.416 e. The maximum absolute atomic E-state index is 11.8. The zero-order valence-corrected chi connectivity index (χ0v) is 17.7. The molecule has 4 rings (SSSR count). The van der Waals surface area contributed by atoms with E-state index in [9.17, 15) is 22.8 Å². The second kappa shape index (κ2) is 10.6. The van der Waals surface area contributed by atoms with Crippen molar-refractivity contribution in [2.45, 2.75) is 46.3 Å². The smallest absolute Gasteiger partial charge is 0.303 e. The lowest BCUT2D eigenvalue weighted by atomic mass is 10.2. The molecule has 2 atom stereocenters. The van der Waals surface area contributed by atoms with Crippen molar-refractivity contribution in [3.05, 3.63) is 68.5 Å². The van der Waals surface area contributed by atoms with Crippen molar-refractivity contribution >= 4 is 0 Å². The number of alkyl halides is 3. The summed E-state index contributed by atoms with van der Waals surface area (Å²) in [5, 5.41) is 0. The molecule has 2 heterocycles. The summed E-state index contributed by atoms with van der Waals surface area (Å²) in [7, 11) is 0. The van der Waals surface area contributed by atoms with Crippen molar-refractivity contribution in [2.75, 3.05) is 19.6 Å². The zero-order chi connectivity index (χ0) is 22.3. The lowest BCUT2D eigenvalue weighted by Gasteiger charge is -2.17. The minimum absolute atomic E-state index is 0.282. The first kappa shape index (κ1) is 23.9. The number of hydrogen-bond donors (Lipinski definition) is 1. The number of nitrogens with zero attached hydrogens (tertiary/aromatic N) is 2. The van der Waals surface area contributed by atoms with E-state index in [-0.39, 0.29) is 11.2 Å². The summed E-state index contributed by atoms with van der Waals surface area (Å²) < 4.78 is 37.0. The van der Waals surface area contributed by atoms with E-state index in [1.54, 1.807) is 23.8 Å². The van der Waals surface area contributed by atoms with E-state index < -0.39 is 11.7 Å². The summed E-state index contributed by atoms with van der Waals surface area (Å²) in [5.41, 5.74) is -0.585. The number of fused-ring (bicyclic) bond motifs is 1. The summed E-state index contributed by atoms with van der Waals surface area (Å²) in [6, 6.07) is 6.36. The van der Waals surface area contributed by atoms with Gasteiger partial charge < -0.3 is 9.47 Å². The first-order chi connectivity index (χ1) is 14.2. The predicted molar refractivity (Wildman–Crippen MR) is 112 cm³/mol. The summed E-state index contributed by atoms with van der Waals surface area (Å²) >= 11 is 0. The van der Waals surface area contributed by atoms with E-state index in [2.05, 4.69) is 9.88 Å². The summed E-state index contributed by atoms with van der Waals surface area (Å²) in [5.74, 6) is 1.92. The van der Waals surface area contributed by atoms with Gasteiger partial charge in [-0.25, -0.2) is 4.79 Å². The molecule has 2 aromatic rings. The molecule has 5 nitrogen and oxygen atoms in total. The second-order valence-corrected chi connectivity index (χ2v) is 7.50. The molecule has 1 saturated carbocycles. The standard InChI is InChI=1S/C13H19N3O2.C7H5F3.C2H6/c1-9-6-16(13(18)14-12(9)17)4-2-3-15-7-10-5-11(10)8-15;8-7(9,10)6-4-2-1-3-5-6;1-2/h6,10-11H,2-5,7-8H2,1H3,(H,14,17,18);1-5H;1-2H3. The van der Waals surface area contributed by atoms with E-state index in [4.69, 9.17) is 0 Å². The van der Waals surface area contributed by atoms with Gasteiger partial charge >= 0.3 is 11.9 Å². The quantitative estimate of drug-likeness (QED) is 0.808. The minimum Gasteiger partial charge on any atom is -0.303 e. The highest BCUT2D eigenvalue weighted by Gasteiger charge is 2.44. The molecule has 30 heavy (non-hydrogen) atoms. The molecule has 166 valence electrons. The molecule has 2 unspecified atom stereocenters. The van der Waals surface area contributed by atoms with Crippen molar-refractivity contribution in [1.82, 2.24) is 14.5 Å². The Morgan fingerprint density at radius 3 is 2.17 bits per heavy atom. The van der Waals surface area contributed by atoms with Crippen LogP contribution in [0, 0.1) is 18.8 Å². The molecule has 1 N–H and O–H groups in total. The van der Waals surface area contributed by atoms with E-state index in [1.165, 1.54) is 31.6 Å². The van der Waals surface area contributed by atoms with Crippen LogP contribution in [0.25, 0.3) is 0 Å². The summed E-state index contributed by atoms with van der Waals surface area (Å²) in [6.45, 7) is 9.94. The first-order valence-electron chi connectivity index (χ1n) is 10.4. The van der Waals surface area contributed by atoms with Crippen LogP contribution in [0.2, 0.25) is 0 Å². The lowest BCUT2D eigenvalue weighted by molar-refractivity contribution is -0.137. The molecule has 0 amide bonds. The highest BCUT2D eigenvalue weighted by molar-refractivity contribution is 5.17. The van der Waals surface area contributed by atoms with Crippen molar-refractivity contribution in [1.29, 1.82) is 0 Å². The van der Waals surface area contributed by atoms with Gasteiger partial charge in [0.15, 0.2) is 0 Å². The number of piperidine rings is 1. The fourth-order valence-electron chi connectivity index (χ4n) is 3.55. The molecule has 0 radical (unpaired) electrons. The molecule has 0 spiro atoms. The number of halogens is 3. The van der Waals surface area contributed by atoms with Gasteiger partial charge in [0.05, 0.1) is 5.56 Å². The monoisotopic (exact) mass is 425 g/mol. The van der Waals surface area contributed by atoms with E-state index in [0.29, 0.717) is 12.1 Å². The van der Waals surface area contributed by atoms with Gasteiger partial charge in [0.25, 0.3) is 5.56 Å². The van der Waals surface area contributed by atoms with Crippen LogP contribution in [0.3, 0.4) is 0 Å². The maximum atomic E-state index is 11.8. The number of nitrogens with one attached hydrogen (secondary N) is 1. The van der Waals surface area contributed by atoms with Crippen molar-refractivity contribution in [3.8, 4) is 0 Å². The van der Waals surface area contributed by atoms with E-state index in [0.717, 1.165) is 36.9 Å². The van der Waals surface area contributed by atoms with E-state index >= 15 is 0 Å². The van der Waals surface area contributed by atoms with Gasteiger partial charge in [0.1, 0.15) is 0 Å². The van der Waals surface area contributed by atoms with Gasteiger partial charge in [-0.1, -0.05) is 44.2 Å². The predicted octanol–water partition coefficient (Wildman–Crippen LogP) is 3.92. The Hall–Kier alpha value is -2.35. The number of aromatic nitrogens is 2. The molecule has 2 aliphatic rings. The third-order valence-electron chi connectivity index (χ3n) is 5.22. The fraction of sp³-hybridized carbons (Fsp3) is 0.545. The molecule has 8 heteroatoms. The van der Waals surface area contributed by atoms with Crippen LogP contribution < -0.4 is 11.2 Å². The average Bonchev–Trinajstić information content (AvgIpc) is 3.33. The number of aromatic amines is 1. The van der Waals surface area contributed by atoms with Crippen LogP contribution >= 0.6 is 0 Å². The number of likely N-dealkylation sites (tertiary alicyclic amines) is 1. The Bertz CT molecular complexity index is 896.